The fourth-order valence-corrected chi connectivity index (χ4v) is 3.77. The van der Waals surface area contributed by atoms with Gasteiger partial charge in [0, 0.05) is 31.9 Å². The highest BCUT2D eigenvalue weighted by Crippen LogP contribution is 2.27. The molecule has 1 atom stereocenters. The third-order valence-corrected chi connectivity index (χ3v) is 5.25. The van der Waals surface area contributed by atoms with Crippen LogP contribution in [0.4, 0.5) is 0 Å². The number of hydrogen-bond donors (Lipinski definition) is 4. The second kappa shape index (κ2) is 10.1. The second-order valence-electron chi connectivity index (χ2n) is 7.65. The summed E-state index contributed by atoms with van der Waals surface area (Å²) < 4.78 is 0. The summed E-state index contributed by atoms with van der Waals surface area (Å²) in [6.07, 6.45) is 6.32. The molecule has 4 N–H and O–H groups in total. The molecule has 2 rings (SSSR count). The van der Waals surface area contributed by atoms with Gasteiger partial charge in [0.2, 0.25) is 17.7 Å². The van der Waals surface area contributed by atoms with Crippen molar-refractivity contribution < 1.29 is 19.2 Å². The summed E-state index contributed by atoms with van der Waals surface area (Å²) in [6, 6.07) is -0.0304. The molecule has 0 aromatic rings. The predicted molar refractivity (Wildman–Crippen MR) is 105 cm³/mol. The van der Waals surface area contributed by atoms with Gasteiger partial charge in [-0.1, -0.05) is 17.7 Å². The molecule has 0 aliphatic heterocycles. The van der Waals surface area contributed by atoms with Crippen molar-refractivity contribution in [2.45, 2.75) is 70.9 Å². The number of carbonyl (C=O) groups is 4. The van der Waals surface area contributed by atoms with Gasteiger partial charge in [0.25, 0.3) is 5.91 Å². The van der Waals surface area contributed by atoms with Gasteiger partial charge in [0.1, 0.15) is 0 Å². The molecule has 2 aliphatic carbocycles. The number of nitrogens with one attached hydrogen (secondary N) is 4. The van der Waals surface area contributed by atoms with E-state index >= 15 is 0 Å². The fourth-order valence-electron chi connectivity index (χ4n) is 3.77. The van der Waals surface area contributed by atoms with Crippen molar-refractivity contribution in [3.63, 3.8) is 0 Å². The van der Waals surface area contributed by atoms with Crippen LogP contribution in [0.5, 0.6) is 0 Å². The molecule has 2 saturated carbocycles. The molecule has 8 nitrogen and oxygen atoms in total. The van der Waals surface area contributed by atoms with Gasteiger partial charge in [-0.05, 0) is 44.9 Å². The lowest BCUT2D eigenvalue weighted by Gasteiger charge is -2.28. The van der Waals surface area contributed by atoms with E-state index in [2.05, 4.69) is 28.1 Å². The number of rotatable bonds is 4. The Labute approximate surface area is 165 Å². The molecule has 0 aromatic heterocycles. The van der Waals surface area contributed by atoms with Crippen molar-refractivity contribution in [2.75, 3.05) is 0 Å². The molecule has 0 heterocycles. The third-order valence-electron chi connectivity index (χ3n) is 5.25. The molecule has 2 fully saturated rings. The van der Waals surface area contributed by atoms with Crippen LogP contribution >= 0.6 is 0 Å². The van der Waals surface area contributed by atoms with E-state index in [0.717, 1.165) is 24.0 Å². The van der Waals surface area contributed by atoms with Gasteiger partial charge in [-0.25, -0.2) is 0 Å². The van der Waals surface area contributed by atoms with Gasteiger partial charge >= 0.3 is 0 Å². The first kappa shape index (κ1) is 21.7. The maximum atomic E-state index is 12.2. The van der Waals surface area contributed by atoms with Crippen LogP contribution in [-0.4, -0.2) is 35.7 Å². The minimum absolute atomic E-state index is 0.0553. The average Bonchev–Trinajstić information content (AvgIpc) is 2.62. The van der Waals surface area contributed by atoms with Crippen LogP contribution in [0.15, 0.2) is 23.8 Å². The minimum Gasteiger partial charge on any atom is -0.354 e. The monoisotopic (exact) mass is 390 g/mol. The van der Waals surface area contributed by atoms with Crippen LogP contribution in [0, 0.1) is 5.92 Å². The van der Waals surface area contributed by atoms with Crippen molar-refractivity contribution >= 4 is 23.6 Å². The number of amides is 4. The lowest BCUT2D eigenvalue weighted by Crippen LogP contribution is -2.46. The lowest BCUT2D eigenvalue weighted by atomic mass is 9.85. The minimum atomic E-state index is -0.385. The maximum Gasteiger partial charge on any atom is 0.262 e. The molecule has 0 bridgehead atoms. The van der Waals surface area contributed by atoms with Crippen molar-refractivity contribution in [2.24, 2.45) is 5.92 Å². The topological polar surface area (TPSA) is 116 Å². The number of hydrazine groups is 1. The van der Waals surface area contributed by atoms with Crippen LogP contribution in [0.1, 0.15) is 58.8 Å². The average molecular weight is 390 g/mol. The zero-order chi connectivity index (χ0) is 20.7. The molecule has 0 radical (unpaired) electrons. The summed E-state index contributed by atoms with van der Waals surface area (Å²) in [6.45, 7) is 6.92. The summed E-state index contributed by atoms with van der Waals surface area (Å²) in [7, 11) is 0. The Hall–Kier alpha value is -2.64. The highest BCUT2D eigenvalue weighted by molar-refractivity contribution is 5.90. The largest absolute Gasteiger partial charge is 0.354 e. The quantitative estimate of drug-likeness (QED) is 0.325. The first-order valence-corrected chi connectivity index (χ1v) is 9.75. The van der Waals surface area contributed by atoms with E-state index in [1.165, 1.54) is 19.9 Å². The zero-order valence-electron chi connectivity index (χ0n) is 16.6. The molecule has 4 amide bonds. The Bertz CT molecular complexity index is 678. The van der Waals surface area contributed by atoms with Gasteiger partial charge in [-0.15, -0.1) is 0 Å². The molecule has 0 saturated heterocycles. The lowest BCUT2D eigenvalue weighted by molar-refractivity contribution is -0.130. The molecule has 28 heavy (non-hydrogen) atoms. The second-order valence-corrected chi connectivity index (χ2v) is 7.65. The number of hydrogen-bond acceptors (Lipinski definition) is 4. The van der Waals surface area contributed by atoms with Crippen LogP contribution in [0.2, 0.25) is 0 Å². The maximum absolute atomic E-state index is 12.2. The normalized spacial score (nSPS) is 26.3. The Morgan fingerprint density at radius 1 is 0.929 bits per heavy atom. The Morgan fingerprint density at radius 3 is 2.18 bits per heavy atom. The summed E-state index contributed by atoms with van der Waals surface area (Å²) in [5.74, 6) is -0.941. The Balaban J connectivity index is 1.76. The first-order chi connectivity index (χ1) is 13.2. The molecule has 8 heteroatoms. The van der Waals surface area contributed by atoms with E-state index in [1.807, 2.05) is 0 Å². The molecule has 0 spiro atoms. The van der Waals surface area contributed by atoms with E-state index in [-0.39, 0.29) is 41.6 Å². The van der Waals surface area contributed by atoms with Gasteiger partial charge in [0.15, 0.2) is 0 Å². The fraction of sp³-hybridized carbons (Fsp3) is 0.600. The highest BCUT2D eigenvalue weighted by atomic mass is 16.2. The molecular formula is C20H30N4O4. The Morgan fingerprint density at radius 2 is 1.57 bits per heavy atom. The van der Waals surface area contributed by atoms with E-state index < -0.39 is 0 Å². The number of carbonyl (C=O) groups excluding carboxylic acids is 4. The predicted octanol–water partition coefficient (Wildman–Crippen LogP) is 1.000. The smallest absolute Gasteiger partial charge is 0.262 e. The van der Waals surface area contributed by atoms with Crippen molar-refractivity contribution in [3.05, 3.63) is 23.8 Å². The SMILES string of the molecule is C=C1CC/C(=C\C(=O)NNC(=O)C2CCC(NC(C)=O)CC2)CC1NC(C)=O. The molecule has 2 aliphatic rings. The van der Waals surface area contributed by atoms with Gasteiger partial charge in [-0.2, -0.15) is 0 Å². The van der Waals surface area contributed by atoms with Crippen LogP contribution < -0.4 is 21.5 Å². The first-order valence-electron chi connectivity index (χ1n) is 9.75. The van der Waals surface area contributed by atoms with E-state index in [1.54, 1.807) is 0 Å². The summed E-state index contributed by atoms with van der Waals surface area (Å²) in [5.41, 5.74) is 6.80. The summed E-state index contributed by atoms with van der Waals surface area (Å²) >= 11 is 0. The van der Waals surface area contributed by atoms with Crippen molar-refractivity contribution in [3.8, 4) is 0 Å². The highest BCUT2D eigenvalue weighted by Gasteiger charge is 2.27. The van der Waals surface area contributed by atoms with E-state index in [4.69, 9.17) is 0 Å². The van der Waals surface area contributed by atoms with Gasteiger partial charge in [-0.3, -0.25) is 30.0 Å². The molecule has 0 aromatic carbocycles. The van der Waals surface area contributed by atoms with Crippen LogP contribution in [0.3, 0.4) is 0 Å². The van der Waals surface area contributed by atoms with E-state index in [9.17, 15) is 19.2 Å². The molecule has 154 valence electrons. The van der Waals surface area contributed by atoms with Crippen molar-refractivity contribution in [1.82, 2.24) is 21.5 Å². The van der Waals surface area contributed by atoms with Gasteiger partial charge in [0.05, 0.1) is 6.04 Å². The van der Waals surface area contributed by atoms with E-state index in [0.29, 0.717) is 32.1 Å². The van der Waals surface area contributed by atoms with Gasteiger partial charge < -0.3 is 10.6 Å². The van der Waals surface area contributed by atoms with Crippen molar-refractivity contribution in [1.29, 1.82) is 0 Å². The standard InChI is InChI=1S/C20H30N4O4/c1-12-4-5-15(10-18(12)22-14(3)26)11-19(27)23-24-20(28)16-6-8-17(9-7-16)21-13(2)25/h11,16-18H,1,4-10H2,2-3H3,(H,21,25)(H,22,26)(H,23,27)(H,24,28)/b15-11+. The molecule has 1 unspecified atom stereocenters. The van der Waals surface area contributed by atoms with Crippen LogP contribution in [-0.2, 0) is 19.2 Å². The van der Waals surface area contributed by atoms with Crippen LogP contribution in [0.25, 0.3) is 0 Å². The third kappa shape index (κ3) is 6.83. The summed E-state index contributed by atoms with van der Waals surface area (Å²) in [4.78, 5) is 46.7. The summed E-state index contributed by atoms with van der Waals surface area (Å²) in [5, 5.41) is 5.71. The Kier molecular flexibility index (Phi) is 7.78. The zero-order valence-corrected chi connectivity index (χ0v) is 16.6. The molecular weight excluding hydrogens is 360 g/mol.